The third kappa shape index (κ3) is 1.11. The number of H-pyrrole nitrogens is 1. The summed E-state index contributed by atoms with van der Waals surface area (Å²) < 4.78 is 0. The second kappa shape index (κ2) is 2.88. The first-order valence-corrected chi connectivity index (χ1v) is 4.58. The lowest BCUT2D eigenvalue weighted by Crippen LogP contribution is -2.08. The molecule has 0 radical (unpaired) electrons. The minimum Gasteiger partial charge on any atom is -0.305 e. The van der Waals surface area contributed by atoms with Gasteiger partial charge in [0.1, 0.15) is 11.2 Å². The van der Waals surface area contributed by atoms with Crippen molar-refractivity contribution in [1.29, 1.82) is 0 Å². The lowest BCUT2D eigenvalue weighted by molar-refractivity contribution is 1.23. The van der Waals surface area contributed by atoms with Gasteiger partial charge in [-0.1, -0.05) is 6.07 Å². The fourth-order valence-corrected chi connectivity index (χ4v) is 1.69. The molecule has 0 bridgehead atoms. The Hall–Kier alpha value is -2.23. The van der Waals surface area contributed by atoms with Crippen molar-refractivity contribution in [2.45, 2.75) is 0 Å². The van der Waals surface area contributed by atoms with Gasteiger partial charge in [-0.05, 0) is 18.2 Å². The van der Waals surface area contributed by atoms with Crippen LogP contribution in [0, 0.1) is 0 Å². The smallest absolute Gasteiger partial charge is 0.276 e. The normalized spacial score (nSPS) is 10.9. The highest BCUT2D eigenvalue weighted by molar-refractivity contribution is 6.02. The molecule has 0 amide bonds. The largest absolute Gasteiger partial charge is 0.305 e. The monoisotopic (exact) mass is 197 g/mol. The molecule has 3 aromatic rings. The highest BCUT2D eigenvalue weighted by atomic mass is 16.1. The van der Waals surface area contributed by atoms with Crippen LogP contribution >= 0.6 is 0 Å². The van der Waals surface area contributed by atoms with E-state index in [0.717, 1.165) is 10.8 Å². The van der Waals surface area contributed by atoms with Crippen LogP contribution in [-0.4, -0.2) is 15.0 Å². The number of nitrogens with one attached hydrogen (secondary N) is 1. The zero-order chi connectivity index (χ0) is 10.3. The third-order valence-electron chi connectivity index (χ3n) is 2.35. The Balaban J connectivity index is 2.70. The summed E-state index contributed by atoms with van der Waals surface area (Å²) in [6.07, 6.45) is 3.26. The van der Waals surface area contributed by atoms with Gasteiger partial charge in [0.2, 0.25) is 0 Å². The van der Waals surface area contributed by atoms with Crippen molar-refractivity contribution in [2.24, 2.45) is 0 Å². The molecular weight excluding hydrogens is 190 g/mol. The number of pyridine rings is 3. The van der Waals surface area contributed by atoms with Gasteiger partial charge in [-0.25, -0.2) is 4.98 Å². The molecule has 1 N–H and O–H groups in total. The minimum absolute atomic E-state index is 0.197. The maximum atomic E-state index is 11.6. The summed E-state index contributed by atoms with van der Waals surface area (Å²) in [6, 6.07) is 7.45. The molecule has 0 fully saturated rings. The van der Waals surface area contributed by atoms with E-state index in [1.54, 1.807) is 12.4 Å². The van der Waals surface area contributed by atoms with Gasteiger partial charge in [0, 0.05) is 23.2 Å². The zero-order valence-corrected chi connectivity index (χ0v) is 7.77. The summed E-state index contributed by atoms with van der Waals surface area (Å²) in [7, 11) is 0. The molecular formula is C11H7N3O. The van der Waals surface area contributed by atoms with E-state index in [2.05, 4.69) is 15.0 Å². The quantitative estimate of drug-likeness (QED) is 0.555. The van der Waals surface area contributed by atoms with Gasteiger partial charge in [-0.2, -0.15) is 0 Å². The van der Waals surface area contributed by atoms with E-state index in [-0.39, 0.29) is 5.56 Å². The molecule has 0 saturated heterocycles. The van der Waals surface area contributed by atoms with Gasteiger partial charge < -0.3 is 4.98 Å². The van der Waals surface area contributed by atoms with Crippen molar-refractivity contribution in [2.75, 3.05) is 0 Å². The Labute approximate surface area is 84.6 Å². The van der Waals surface area contributed by atoms with Crippen molar-refractivity contribution in [3.8, 4) is 0 Å². The number of aromatic amines is 1. The van der Waals surface area contributed by atoms with E-state index in [4.69, 9.17) is 0 Å². The Morgan fingerprint density at radius 3 is 2.60 bits per heavy atom. The van der Waals surface area contributed by atoms with Crippen LogP contribution < -0.4 is 5.56 Å². The fraction of sp³-hybridized carbons (Fsp3) is 0. The molecule has 15 heavy (non-hydrogen) atoms. The van der Waals surface area contributed by atoms with E-state index in [9.17, 15) is 4.79 Å². The summed E-state index contributed by atoms with van der Waals surface area (Å²) in [5, 5.41) is 1.75. The molecule has 0 spiro atoms. The zero-order valence-electron chi connectivity index (χ0n) is 7.77. The summed E-state index contributed by atoms with van der Waals surface area (Å²) in [4.78, 5) is 22.5. The predicted octanol–water partition coefficient (Wildman–Crippen LogP) is 1.47. The van der Waals surface area contributed by atoms with Crippen molar-refractivity contribution >= 4 is 21.9 Å². The average molecular weight is 197 g/mol. The topological polar surface area (TPSA) is 58.6 Å². The Kier molecular flexibility index (Phi) is 1.56. The van der Waals surface area contributed by atoms with Crippen LogP contribution in [0.2, 0.25) is 0 Å². The molecule has 3 aromatic heterocycles. The number of nitrogens with zero attached hydrogens (tertiary/aromatic N) is 2. The summed E-state index contributed by atoms with van der Waals surface area (Å²) in [5.41, 5.74) is 0.859. The van der Waals surface area contributed by atoms with E-state index in [1.807, 2.05) is 24.3 Å². The molecule has 0 saturated carbocycles. The van der Waals surface area contributed by atoms with Gasteiger partial charge in [-0.3, -0.25) is 9.78 Å². The van der Waals surface area contributed by atoms with E-state index in [0.29, 0.717) is 11.2 Å². The first kappa shape index (κ1) is 8.11. The number of fused-ring (bicyclic) bond motifs is 3. The van der Waals surface area contributed by atoms with E-state index in [1.165, 1.54) is 0 Å². The van der Waals surface area contributed by atoms with Crippen LogP contribution in [0.3, 0.4) is 0 Å². The molecule has 0 aliphatic heterocycles. The lowest BCUT2D eigenvalue weighted by Gasteiger charge is -2.00. The van der Waals surface area contributed by atoms with Crippen LogP contribution in [0.5, 0.6) is 0 Å². The fourth-order valence-electron chi connectivity index (χ4n) is 1.69. The molecule has 0 aliphatic carbocycles. The van der Waals surface area contributed by atoms with E-state index < -0.39 is 0 Å². The van der Waals surface area contributed by atoms with Gasteiger partial charge in [0.15, 0.2) is 0 Å². The highest BCUT2D eigenvalue weighted by Crippen LogP contribution is 2.16. The van der Waals surface area contributed by atoms with Crippen molar-refractivity contribution in [3.05, 3.63) is 47.0 Å². The molecule has 3 heterocycles. The molecule has 0 aliphatic rings. The van der Waals surface area contributed by atoms with Gasteiger partial charge in [0.05, 0.1) is 0 Å². The van der Waals surface area contributed by atoms with E-state index >= 15 is 0 Å². The van der Waals surface area contributed by atoms with Crippen LogP contribution in [0.25, 0.3) is 21.9 Å². The standard InChI is InChI=1S/C11H7N3O/c15-11-9-7(3-1-5-12-9)8-4-2-6-13-10(8)14-11/h1-6H,(H,13,14,15). The summed E-state index contributed by atoms with van der Waals surface area (Å²) >= 11 is 0. The minimum atomic E-state index is -0.197. The first-order valence-electron chi connectivity index (χ1n) is 4.58. The summed E-state index contributed by atoms with van der Waals surface area (Å²) in [6.45, 7) is 0. The van der Waals surface area contributed by atoms with Crippen LogP contribution in [0.15, 0.2) is 41.5 Å². The van der Waals surface area contributed by atoms with Crippen molar-refractivity contribution < 1.29 is 0 Å². The molecule has 4 heteroatoms. The molecule has 4 nitrogen and oxygen atoms in total. The Bertz CT molecular complexity index is 703. The lowest BCUT2D eigenvalue weighted by atomic mass is 10.2. The Morgan fingerprint density at radius 2 is 1.73 bits per heavy atom. The molecule has 0 aromatic carbocycles. The van der Waals surface area contributed by atoms with Crippen LogP contribution in [0.4, 0.5) is 0 Å². The predicted molar refractivity (Wildman–Crippen MR) is 57.7 cm³/mol. The van der Waals surface area contributed by atoms with Gasteiger partial charge in [0.25, 0.3) is 5.56 Å². The van der Waals surface area contributed by atoms with Crippen LogP contribution in [0.1, 0.15) is 0 Å². The number of hydrogen-bond acceptors (Lipinski definition) is 3. The molecule has 0 atom stereocenters. The highest BCUT2D eigenvalue weighted by Gasteiger charge is 2.04. The summed E-state index contributed by atoms with van der Waals surface area (Å²) in [5.74, 6) is 0. The average Bonchev–Trinajstić information content (AvgIpc) is 2.30. The Morgan fingerprint density at radius 1 is 1.00 bits per heavy atom. The number of aromatic nitrogens is 3. The van der Waals surface area contributed by atoms with Crippen molar-refractivity contribution in [3.63, 3.8) is 0 Å². The van der Waals surface area contributed by atoms with Gasteiger partial charge in [-0.15, -0.1) is 0 Å². The van der Waals surface area contributed by atoms with Crippen LogP contribution in [-0.2, 0) is 0 Å². The van der Waals surface area contributed by atoms with Gasteiger partial charge >= 0.3 is 0 Å². The first-order chi connectivity index (χ1) is 7.36. The molecule has 72 valence electrons. The second-order valence-electron chi connectivity index (χ2n) is 3.25. The second-order valence-corrected chi connectivity index (χ2v) is 3.25. The maximum absolute atomic E-state index is 11.6. The van der Waals surface area contributed by atoms with Crippen molar-refractivity contribution in [1.82, 2.24) is 15.0 Å². The maximum Gasteiger partial charge on any atom is 0.276 e. The third-order valence-corrected chi connectivity index (χ3v) is 2.35. The number of hydrogen-bond donors (Lipinski definition) is 1. The SMILES string of the molecule is O=c1[nH]c2ncccc2c2cccnc12. The number of rotatable bonds is 0. The molecule has 3 rings (SSSR count). The molecule has 0 unspecified atom stereocenters.